The van der Waals surface area contributed by atoms with Gasteiger partial charge in [-0.05, 0) is 44.7 Å². The lowest BCUT2D eigenvalue weighted by Gasteiger charge is -2.34. The minimum atomic E-state index is -0.0414. The number of aliphatic imine (C=N–C) groups is 1. The number of hydrogen-bond acceptors (Lipinski definition) is 4. The van der Waals surface area contributed by atoms with E-state index in [-0.39, 0.29) is 5.60 Å². The summed E-state index contributed by atoms with van der Waals surface area (Å²) in [6, 6.07) is 10.8. The van der Waals surface area contributed by atoms with Gasteiger partial charge >= 0.3 is 0 Å². The molecule has 0 aliphatic carbocycles. The molecule has 0 aromatic heterocycles. The van der Waals surface area contributed by atoms with E-state index in [0.29, 0.717) is 0 Å². The summed E-state index contributed by atoms with van der Waals surface area (Å²) in [5.74, 6) is 0.885. The summed E-state index contributed by atoms with van der Waals surface area (Å²) in [6.07, 6.45) is 4.67. The summed E-state index contributed by atoms with van der Waals surface area (Å²) < 4.78 is 5.83. The minimum absolute atomic E-state index is 0.0414. The summed E-state index contributed by atoms with van der Waals surface area (Å²) in [5, 5.41) is 6.85. The van der Waals surface area contributed by atoms with Crippen LogP contribution in [0.1, 0.15) is 38.2 Å². The third-order valence-electron chi connectivity index (χ3n) is 6.06. The monoisotopic (exact) mass is 401 g/mol. The molecule has 2 heterocycles. The molecule has 0 radical (unpaired) electrons. The van der Waals surface area contributed by atoms with Crippen molar-refractivity contribution in [2.75, 3.05) is 59.5 Å². The smallest absolute Gasteiger partial charge is 0.191 e. The molecule has 1 unspecified atom stereocenters. The molecule has 2 aliphatic heterocycles. The molecular formula is C23H39N5O. The van der Waals surface area contributed by atoms with E-state index in [1.54, 1.807) is 0 Å². The molecule has 162 valence electrons. The molecule has 0 saturated carbocycles. The number of benzene rings is 1. The first-order chi connectivity index (χ1) is 14.2. The second kappa shape index (κ2) is 11.5. The van der Waals surface area contributed by atoms with E-state index in [4.69, 9.17) is 4.74 Å². The Labute approximate surface area is 176 Å². The number of hydrogen-bond donors (Lipinski definition) is 2. The van der Waals surface area contributed by atoms with Gasteiger partial charge in [0.1, 0.15) is 0 Å². The van der Waals surface area contributed by atoms with Gasteiger partial charge in [0.15, 0.2) is 5.96 Å². The fourth-order valence-electron chi connectivity index (χ4n) is 4.15. The Bertz CT molecular complexity index is 607. The van der Waals surface area contributed by atoms with Crippen LogP contribution in [0.25, 0.3) is 0 Å². The second-order valence-corrected chi connectivity index (χ2v) is 8.56. The van der Waals surface area contributed by atoms with Gasteiger partial charge in [-0.2, -0.15) is 0 Å². The Kier molecular flexibility index (Phi) is 8.77. The summed E-state index contributed by atoms with van der Waals surface area (Å²) in [5.41, 5.74) is 1.38. The summed E-state index contributed by atoms with van der Waals surface area (Å²) in [6.45, 7) is 11.8. The maximum Gasteiger partial charge on any atom is 0.191 e. The fourth-order valence-corrected chi connectivity index (χ4v) is 4.15. The molecular weight excluding hydrogens is 362 g/mol. The lowest BCUT2D eigenvalue weighted by Crippen LogP contribution is -2.46. The van der Waals surface area contributed by atoms with Gasteiger partial charge in [-0.25, -0.2) is 0 Å². The van der Waals surface area contributed by atoms with Crippen LogP contribution in [0.5, 0.6) is 0 Å². The molecule has 1 atom stereocenters. The van der Waals surface area contributed by atoms with Gasteiger partial charge in [-0.3, -0.25) is 9.89 Å². The summed E-state index contributed by atoms with van der Waals surface area (Å²) in [7, 11) is 1.84. The average molecular weight is 402 g/mol. The molecule has 2 aliphatic rings. The fraction of sp³-hybridized carbons (Fsp3) is 0.696. The second-order valence-electron chi connectivity index (χ2n) is 8.56. The molecule has 0 bridgehead atoms. The van der Waals surface area contributed by atoms with E-state index in [1.165, 1.54) is 51.1 Å². The van der Waals surface area contributed by atoms with E-state index in [0.717, 1.165) is 45.0 Å². The largest absolute Gasteiger partial charge is 0.373 e. The van der Waals surface area contributed by atoms with Crippen molar-refractivity contribution in [2.24, 2.45) is 4.99 Å². The van der Waals surface area contributed by atoms with Crippen LogP contribution in [0.3, 0.4) is 0 Å². The normalized spacial score (nSPS) is 24.0. The van der Waals surface area contributed by atoms with Crippen molar-refractivity contribution in [2.45, 2.75) is 44.8 Å². The van der Waals surface area contributed by atoms with Crippen LogP contribution in [0.15, 0.2) is 35.3 Å². The van der Waals surface area contributed by atoms with E-state index >= 15 is 0 Å². The van der Waals surface area contributed by atoms with Crippen LogP contribution in [0, 0.1) is 0 Å². The Morgan fingerprint density at radius 3 is 2.52 bits per heavy atom. The highest BCUT2D eigenvalue weighted by atomic mass is 16.5. The molecule has 2 fully saturated rings. The zero-order chi connectivity index (χ0) is 20.4. The highest BCUT2D eigenvalue weighted by molar-refractivity contribution is 5.79. The molecule has 3 rings (SSSR count). The van der Waals surface area contributed by atoms with Gasteiger partial charge in [0, 0.05) is 59.5 Å². The lowest BCUT2D eigenvalue weighted by atomic mass is 10.0. The Morgan fingerprint density at radius 2 is 1.83 bits per heavy atom. The molecule has 1 aromatic rings. The summed E-state index contributed by atoms with van der Waals surface area (Å²) in [4.78, 5) is 9.50. The number of nitrogens with one attached hydrogen (secondary N) is 2. The van der Waals surface area contributed by atoms with Crippen LogP contribution in [0.4, 0.5) is 0 Å². The highest BCUT2D eigenvalue weighted by Gasteiger charge is 2.29. The molecule has 6 heteroatoms. The van der Waals surface area contributed by atoms with Crippen LogP contribution in [-0.2, 0) is 11.3 Å². The summed E-state index contributed by atoms with van der Waals surface area (Å²) >= 11 is 0. The first kappa shape index (κ1) is 22.1. The number of unbranched alkanes of at least 4 members (excludes halogenated alkanes) is 1. The SMILES string of the molecule is CN=C(NCCCCN1CCN(Cc2ccccc2)CC1)NCC1(C)CCCO1. The number of nitrogens with zero attached hydrogens (tertiary/aromatic N) is 3. The van der Waals surface area contributed by atoms with Crippen LogP contribution >= 0.6 is 0 Å². The van der Waals surface area contributed by atoms with E-state index < -0.39 is 0 Å². The zero-order valence-electron chi connectivity index (χ0n) is 18.3. The van der Waals surface area contributed by atoms with E-state index in [2.05, 4.69) is 62.7 Å². The zero-order valence-corrected chi connectivity index (χ0v) is 18.3. The Hall–Kier alpha value is -1.63. The van der Waals surface area contributed by atoms with Gasteiger partial charge in [0.05, 0.1) is 5.60 Å². The predicted molar refractivity (Wildman–Crippen MR) is 120 cm³/mol. The lowest BCUT2D eigenvalue weighted by molar-refractivity contribution is 0.0243. The standard InChI is InChI=1S/C23H39N5O/c1-23(11-8-18-29-23)20-26-22(24-2)25-12-6-7-13-27-14-16-28(17-15-27)19-21-9-4-3-5-10-21/h3-5,9-10H,6-8,11-20H2,1-2H3,(H2,24,25,26). The van der Waals surface area contributed by atoms with Crippen molar-refractivity contribution in [3.8, 4) is 0 Å². The van der Waals surface area contributed by atoms with Crippen molar-refractivity contribution in [3.05, 3.63) is 35.9 Å². The maximum absolute atomic E-state index is 5.83. The average Bonchev–Trinajstić information content (AvgIpc) is 3.19. The van der Waals surface area contributed by atoms with Crippen molar-refractivity contribution in [3.63, 3.8) is 0 Å². The first-order valence-corrected chi connectivity index (χ1v) is 11.2. The van der Waals surface area contributed by atoms with Crippen molar-refractivity contribution in [1.29, 1.82) is 0 Å². The van der Waals surface area contributed by atoms with Gasteiger partial charge in [-0.1, -0.05) is 30.3 Å². The van der Waals surface area contributed by atoms with Crippen LogP contribution in [0.2, 0.25) is 0 Å². The number of guanidine groups is 1. The van der Waals surface area contributed by atoms with E-state index in [9.17, 15) is 0 Å². The quantitative estimate of drug-likeness (QED) is 0.378. The first-order valence-electron chi connectivity index (χ1n) is 11.2. The highest BCUT2D eigenvalue weighted by Crippen LogP contribution is 2.23. The van der Waals surface area contributed by atoms with Gasteiger partial charge in [0.25, 0.3) is 0 Å². The number of rotatable bonds is 9. The predicted octanol–water partition coefficient (Wildman–Crippen LogP) is 2.32. The Morgan fingerprint density at radius 1 is 1.07 bits per heavy atom. The molecule has 2 saturated heterocycles. The maximum atomic E-state index is 5.83. The van der Waals surface area contributed by atoms with Crippen LogP contribution in [-0.4, -0.2) is 80.8 Å². The number of ether oxygens (including phenoxy) is 1. The van der Waals surface area contributed by atoms with Gasteiger partial charge in [-0.15, -0.1) is 0 Å². The van der Waals surface area contributed by atoms with Gasteiger partial charge in [0.2, 0.25) is 0 Å². The van der Waals surface area contributed by atoms with Gasteiger partial charge < -0.3 is 20.3 Å². The van der Waals surface area contributed by atoms with Crippen molar-refractivity contribution >= 4 is 5.96 Å². The van der Waals surface area contributed by atoms with E-state index in [1.807, 2.05) is 7.05 Å². The third kappa shape index (κ3) is 7.61. The number of piperazine rings is 1. The molecule has 6 nitrogen and oxygen atoms in total. The van der Waals surface area contributed by atoms with Crippen molar-refractivity contribution < 1.29 is 4.74 Å². The molecule has 0 amide bonds. The molecule has 29 heavy (non-hydrogen) atoms. The van der Waals surface area contributed by atoms with Crippen molar-refractivity contribution in [1.82, 2.24) is 20.4 Å². The topological polar surface area (TPSA) is 52.1 Å². The Balaban J connectivity index is 1.22. The van der Waals surface area contributed by atoms with Crippen LogP contribution < -0.4 is 10.6 Å². The molecule has 2 N–H and O–H groups in total. The minimum Gasteiger partial charge on any atom is -0.373 e. The molecule has 1 aromatic carbocycles. The third-order valence-corrected chi connectivity index (χ3v) is 6.06. The molecule has 0 spiro atoms.